The number of halogens is 2. The molecular formula is C14H12Cl2N2O2. The van der Waals surface area contributed by atoms with Crippen LogP contribution in [0.25, 0.3) is 0 Å². The molecule has 0 spiro atoms. The molecule has 1 amide bonds. The number of ether oxygens (including phenoxy) is 1. The lowest BCUT2D eigenvalue weighted by Crippen LogP contribution is -2.21. The van der Waals surface area contributed by atoms with Crippen molar-refractivity contribution in [1.29, 1.82) is 0 Å². The van der Waals surface area contributed by atoms with Crippen LogP contribution in [0.4, 0.5) is 5.69 Å². The Bertz CT molecular complexity index is 615. The van der Waals surface area contributed by atoms with E-state index in [1.54, 1.807) is 42.5 Å². The molecule has 0 bridgehead atoms. The minimum absolute atomic E-state index is 0.0540. The number of amides is 1. The normalized spacial score (nSPS) is 10.2. The third-order valence-corrected chi connectivity index (χ3v) is 3.19. The first kappa shape index (κ1) is 14.7. The maximum absolute atomic E-state index is 11.1. The van der Waals surface area contributed by atoms with Gasteiger partial charge < -0.3 is 15.8 Å². The number of nitrogens with two attached hydrogens (primary N) is 1. The molecule has 0 aliphatic heterocycles. The Balaban J connectivity index is 2.06. The number of carbonyl (C=O) groups excluding carboxylic acids is 1. The van der Waals surface area contributed by atoms with Gasteiger partial charge in [-0.25, -0.2) is 0 Å². The molecule has 6 heteroatoms. The molecule has 0 saturated heterocycles. The molecule has 0 aliphatic carbocycles. The van der Waals surface area contributed by atoms with Gasteiger partial charge in [0.1, 0.15) is 11.5 Å². The van der Waals surface area contributed by atoms with Crippen molar-refractivity contribution < 1.29 is 9.53 Å². The monoisotopic (exact) mass is 310 g/mol. The number of hydrogen-bond donors (Lipinski definition) is 2. The van der Waals surface area contributed by atoms with E-state index in [-0.39, 0.29) is 12.5 Å². The number of rotatable bonds is 4. The Morgan fingerprint density at radius 1 is 1.05 bits per heavy atom. The SMILES string of the molecule is NCC(=O)Nc1ccc(Oc2ccc(Cl)c(Cl)c2)cc1. The van der Waals surface area contributed by atoms with E-state index in [1.165, 1.54) is 0 Å². The quantitative estimate of drug-likeness (QED) is 0.905. The van der Waals surface area contributed by atoms with Crippen molar-refractivity contribution in [3.8, 4) is 11.5 Å². The summed E-state index contributed by atoms with van der Waals surface area (Å²) in [6.45, 7) is -0.0540. The van der Waals surface area contributed by atoms with Crippen LogP contribution in [0.15, 0.2) is 42.5 Å². The molecule has 0 unspecified atom stereocenters. The van der Waals surface area contributed by atoms with E-state index in [9.17, 15) is 4.79 Å². The first-order valence-electron chi connectivity index (χ1n) is 5.81. The van der Waals surface area contributed by atoms with Crippen molar-refractivity contribution in [1.82, 2.24) is 0 Å². The fourth-order valence-electron chi connectivity index (χ4n) is 1.49. The smallest absolute Gasteiger partial charge is 0.238 e. The predicted octanol–water partition coefficient (Wildman–Crippen LogP) is 3.68. The fourth-order valence-corrected chi connectivity index (χ4v) is 1.78. The Kier molecular flexibility index (Phi) is 4.84. The first-order valence-corrected chi connectivity index (χ1v) is 6.57. The number of nitrogens with one attached hydrogen (secondary N) is 1. The van der Waals surface area contributed by atoms with Crippen LogP contribution in [0.2, 0.25) is 10.0 Å². The second kappa shape index (κ2) is 6.61. The number of hydrogen-bond acceptors (Lipinski definition) is 3. The highest BCUT2D eigenvalue weighted by Crippen LogP contribution is 2.29. The molecule has 104 valence electrons. The van der Waals surface area contributed by atoms with Gasteiger partial charge in [0.25, 0.3) is 0 Å². The van der Waals surface area contributed by atoms with Gasteiger partial charge in [-0.2, -0.15) is 0 Å². The van der Waals surface area contributed by atoms with E-state index in [4.69, 9.17) is 33.7 Å². The molecule has 4 nitrogen and oxygen atoms in total. The molecule has 2 rings (SSSR count). The van der Waals surface area contributed by atoms with Crippen molar-refractivity contribution in [2.75, 3.05) is 11.9 Å². The number of carbonyl (C=O) groups is 1. The van der Waals surface area contributed by atoms with E-state index >= 15 is 0 Å². The van der Waals surface area contributed by atoms with Crippen LogP contribution in [-0.4, -0.2) is 12.5 Å². The van der Waals surface area contributed by atoms with Crippen LogP contribution in [0, 0.1) is 0 Å². The highest BCUT2D eigenvalue weighted by atomic mass is 35.5. The average Bonchev–Trinajstić information content (AvgIpc) is 2.45. The summed E-state index contributed by atoms with van der Waals surface area (Å²) < 4.78 is 5.62. The summed E-state index contributed by atoms with van der Waals surface area (Å²) in [5.74, 6) is 0.954. The zero-order valence-electron chi connectivity index (χ0n) is 10.4. The van der Waals surface area contributed by atoms with Crippen molar-refractivity contribution >= 4 is 34.8 Å². The first-order chi connectivity index (χ1) is 9.58. The Labute approximate surface area is 126 Å². The van der Waals surface area contributed by atoms with E-state index in [0.717, 1.165) is 0 Å². The van der Waals surface area contributed by atoms with Gasteiger partial charge in [-0.3, -0.25) is 4.79 Å². The third-order valence-electron chi connectivity index (χ3n) is 2.45. The van der Waals surface area contributed by atoms with Crippen LogP contribution in [0.3, 0.4) is 0 Å². The number of benzene rings is 2. The Hall–Kier alpha value is -1.75. The predicted molar refractivity (Wildman–Crippen MR) is 80.7 cm³/mol. The van der Waals surface area contributed by atoms with Gasteiger partial charge in [-0.05, 0) is 36.4 Å². The summed E-state index contributed by atoms with van der Waals surface area (Å²) in [6, 6.07) is 11.9. The standard InChI is InChI=1S/C14H12Cl2N2O2/c15-12-6-5-11(7-13(12)16)20-10-3-1-9(2-4-10)18-14(19)8-17/h1-7H,8,17H2,(H,18,19). The summed E-state index contributed by atoms with van der Waals surface area (Å²) >= 11 is 11.7. The number of anilines is 1. The lowest BCUT2D eigenvalue weighted by Gasteiger charge is -2.08. The van der Waals surface area contributed by atoms with Gasteiger partial charge in [0.15, 0.2) is 0 Å². The summed E-state index contributed by atoms with van der Waals surface area (Å²) in [6.07, 6.45) is 0. The lowest BCUT2D eigenvalue weighted by atomic mass is 10.3. The summed E-state index contributed by atoms with van der Waals surface area (Å²) in [7, 11) is 0. The molecule has 0 heterocycles. The average molecular weight is 311 g/mol. The molecule has 0 saturated carbocycles. The topological polar surface area (TPSA) is 64.4 Å². The summed E-state index contributed by atoms with van der Waals surface area (Å²) in [5.41, 5.74) is 5.87. The second-order valence-electron chi connectivity index (χ2n) is 3.95. The highest BCUT2D eigenvalue weighted by Gasteiger charge is 2.03. The summed E-state index contributed by atoms with van der Waals surface area (Å²) in [5, 5.41) is 3.54. The van der Waals surface area contributed by atoms with E-state index in [1.807, 2.05) is 0 Å². The molecule has 0 aliphatic rings. The van der Waals surface area contributed by atoms with Gasteiger partial charge in [0.05, 0.1) is 16.6 Å². The van der Waals surface area contributed by atoms with Crippen LogP contribution in [0.1, 0.15) is 0 Å². The Morgan fingerprint density at radius 3 is 2.30 bits per heavy atom. The van der Waals surface area contributed by atoms with Gasteiger partial charge in [0, 0.05) is 11.8 Å². The van der Waals surface area contributed by atoms with Crippen molar-refractivity contribution in [3.05, 3.63) is 52.5 Å². The van der Waals surface area contributed by atoms with Crippen LogP contribution >= 0.6 is 23.2 Å². The second-order valence-corrected chi connectivity index (χ2v) is 4.77. The molecule has 2 aromatic carbocycles. The summed E-state index contributed by atoms with van der Waals surface area (Å²) in [4.78, 5) is 11.1. The molecule has 0 aromatic heterocycles. The van der Waals surface area contributed by atoms with E-state index in [2.05, 4.69) is 5.32 Å². The highest BCUT2D eigenvalue weighted by molar-refractivity contribution is 6.42. The van der Waals surface area contributed by atoms with Gasteiger partial charge in [-0.1, -0.05) is 23.2 Å². The van der Waals surface area contributed by atoms with Crippen molar-refractivity contribution in [3.63, 3.8) is 0 Å². The Morgan fingerprint density at radius 2 is 1.70 bits per heavy atom. The zero-order valence-corrected chi connectivity index (χ0v) is 11.9. The maximum Gasteiger partial charge on any atom is 0.238 e. The van der Waals surface area contributed by atoms with Gasteiger partial charge in [0.2, 0.25) is 5.91 Å². The molecule has 2 aromatic rings. The maximum atomic E-state index is 11.1. The van der Waals surface area contributed by atoms with Gasteiger partial charge in [-0.15, -0.1) is 0 Å². The fraction of sp³-hybridized carbons (Fsp3) is 0.0714. The van der Waals surface area contributed by atoms with Crippen molar-refractivity contribution in [2.24, 2.45) is 5.73 Å². The minimum Gasteiger partial charge on any atom is -0.457 e. The van der Waals surface area contributed by atoms with Gasteiger partial charge >= 0.3 is 0 Å². The van der Waals surface area contributed by atoms with Crippen LogP contribution in [-0.2, 0) is 4.79 Å². The van der Waals surface area contributed by atoms with Crippen molar-refractivity contribution in [2.45, 2.75) is 0 Å². The van der Waals surface area contributed by atoms with E-state index in [0.29, 0.717) is 27.2 Å². The molecule has 0 fully saturated rings. The molecule has 3 N–H and O–H groups in total. The van der Waals surface area contributed by atoms with Crippen LogP contribution < -0.4 is 15.8 Å². The third kappa shape index (κ3) is 3.87. The molecule has 20 heavy (non-hydrogen) atoms. The molecule has 0 radical (unpaired) electrons. The lowest BCUT2D eigenvalue weighted by molar-refractivity contribution is -0.114. The molecular weight excluding hydrogens is 299 g/mol. The zero-order chi connectivity index (χ0) is 14.5. The van der Waals surface area contributed by atoms with E-state index < -0.39 is 0 Å². The minimum atomic E-state index is -0.247. The largest absolute Gasteiger partial charge is 0.457 e. The van der Waals surface area contributed by atoms with Crippen LogP contribution in [0.5, 0.6) is 11.5 Å². The molecule has 0 atom stereocenters.